The fourth-order valence-electron chi connectivity index (χ4n) is 0. The largest absolute Gasteiger partial charge is 0.693 e. The molecule has 0 rings (SSSR count). The van der Waals surface area contributed by atoms with Gasteiger partial charge in [-0.3, -0.25) is 0 Å². The Morgan fingerprint density at radius 1 is 0.923 bits per heavy atom. The van der Waals surface area contributed by atoms with Crippen LogP contribution in [0, 0.1) is 7.43 Å². The number of hydrogen-bond donors (Lipinski definition) is 2. The zero-order valence-corrected chi connectivity index (χ0v) is 12.5. The zero-order valence-electron chi connectivity index (χ0n) is 8.70. The molecule has 0 saturated heterocycles. The molecule has 0 heterocycles. The molecule has 0 aromatic heterocycles. The molecule has 90 valence electrons. The van der Waals surface area contributed by atoms with Crippen molar-refractivity contribution >= 4 is 18.8 Å². The van der Waals surface area contributed by atoms with E-state index in [1.165, 1.54) is 0 Å². The van der Waals surface area contributed by atoms with Crippen molar-refractivity contribution in [2.45, 2.75) is 39.9 Å². The SMILES string of the molecule is CC(C)O.CC(C)O.[CH3-].[Cl][Pt+2][Cl].[NH2-]. The molecule has 4 N–H and O–H groups in total. The van der Waals surface area contributed by atoms with Crippen LogP contribution in [0.5, 0.6) is 0 Å². The van der Waals surface area contributed by atoms with Crippen LogP contribution in [0.4, 0.5) is 0 Å². The number of nitrogens with two attached hydrogens (primary N) is 1. The van der Waals surface area contributed by atoms with Gasteiger partial charge in [0.2, 0.25) is 0 Å². The zero-order chi connectivity index (χ0) is 9.86. The molecular weight excluding hydrogens is 396 g/mol. The Morgan fingerprint density at radius 3 is 0.923 bits per heavy atom. The first kappa shape index (κ1) is 29.2. The fourth-order valence-corrected chi connectivity index (χ4v) is 0. The van der Waals surface area contributed by atoms with Gasteiger partial charge in [0, 0.05) is 12.2 Å². The summed E-state index contributed by atoms with van der Waals surface area (Å²) in [6.07, 6.45) is -0.333. The molecular formula is C7H21Cl2NO2Pt. The average molecular weight is 417 g/mol. The minimum absolute atomic E-state index is 0. The maximum absolute atomic E-state index is 8.06. The van der Waals surface area contributed by atoms with Gasteiger partial charge < -0.3 is 23.8 Å². The Labute approximate surface area is 98.8 Å². The summed E-state index contributed by atoms with van der Waals surface area (Å²) in [6, 6.07) is 0. The van der Waals surface area contributed by atoms with E-state index in [-0.39, 0.29) is 25.8 Å². The van der Waals surface area contributed by atoms with Crippen LogP contribution in [0.15, 0.2) is 0 Å². The monoisotopic (exact) mass is 416 g/mol. The Kier molecular flexibility index (Phi) is 65.7. The normalized spacial score (nSPS) is 7.23. The number of aliphatic hydroxyl groups excluding tert-OH is 2. The van der Waals surface area contributed by atoms with E-state index in [1.54, 1.807) is 27.7 Å². The first-order valence-electron chi connectivity index (χ1n) is 3.06. The van der Waals surface area contributed by atoms with Crippen molar-refractivity contribution in [1.82, 2.24) is 0 Å². The molecule has 0 unspecified atom stereocenters. The number of halogens is 2. The van der Waals surface area contributed by atoms with Crippen LogP contribution >= 0.6 is 18.8 Å². The second kappa shape index (κ2) is 29.2. The van der Waals surface area contributed by atoms with Crippen LogP contribution in [0.3, 0.4) is 0 Å². The number of hydrogen-bond acceptors (Lipinski definition) is 2. The van der Waals surface area contributed by atoms with Crippen molar-refractivity contribution in [3.63, 3.8) is 0 Å². The van der Waals surface area contributed by atoms with Gasteiger partial charge in [0.05, 0.1) is 0 Å². The van der Waals surface area contributed by atoms with E-state index in [0.717, 1.165) is 0 Å². The summed E-state index contributed by atoms with van der Waals surface area (Å²) in [6.45, 7) is 6.89. The van der Waals surface area contributed by atoms with E-state index in [4.69, 9.17) is 29.0 Å². The summed E-state index contributed by atoms with van der Waals surface area (Å²) < 4.78 is 0. The molecule has 0 aliphatic rings. The first-order chi connectivity index (χ1) is 4.88. The van der Waals surface area contributed by atoms with Gasteiger partial charge in [0.15, 0.2) is 0 Å². The fraction of sp³-hybridized carbons (Fsp3) is 0.857. The van der Waals surface area contributed by atoms with Gasteiger partial charge >= 0.3 is 35.3 Å². The molecule has 0 saturated carbocycles. The summed E-state index contributed by atoms with van der Waals surface area (Å²) >= 11 is -0.472. The molecule has 0 aliphatic heterocycles. The number of aliphatic hydroxyl groups is 2. The predicted molar refractivity (Wildman–Crippen MR) is 58.1 cm³/mol. The van der Waals surface area contributed by atoms with Gasteiger partial charge in [-0.25, -0.2) is 0 Å². The van der Waals surface area contributed by atoms with E-state index in [9.17, 15) is 0 Å². The Morgan fingerprint density at radius 2 is 0.923 bits per heavy atom. The van der Waals surface area contributed by atoms with E-state index in [2.05, 4.69) is 0 Å². The maximum atomic E-state index is 8.06. The summed E-state index contributed by atoms with van der Waals surface area (Å²) in [4.78, 5) is 0. The van der Waals surface area contributed by atoms with E-state index < -0.39 is 16.5 Å². The topological polar surface area (TPSA) is 74.0 Å². The quantitative estimate of drug-likeness (QED) is 0.594. The van der Waals surface area contributed by atoms with E-state index in [0.29, 0.717) is 0 Å². The van der Waals surface area contributed by atoms with Gasteiger partial charge in [-0.1, -0.05) is 0 Å². The molecule has 0 aromatic carbocycles. The van der Waals surface area contributed by atoms with Crippen molar-refractivity contribution in [3.05, 3.63) is 13.6 Å². The van der Waals surface area contributed by atoms with Crippen LogP contribution in [-0.4, -0.2) is 22.4 Å². The van der Waals surface area contributed by atoms with Gasteiger partial charge in [-0.05, 0) is 27.7 Å². The minimum atomic E-state index is -0.472. The van der Waals surface area contributed by atoms with Crippen LogP contribution in [-0.2, 0) is 16.5 Å². The average Bonchev–Trinajstić information content (AvgIpc) is 1.60. The molecule has 6 heteroatoms. The third-order valence-corrected chi connectivity index (χ3v) is 0. The molecule has 0 aromatic rings. The van der Waals surface area contributed by atoms with Gasteiger partial charge in [0.25, 0.3) is 0 Å². The van der Waals surface area contributed by atoms with Crippen molar-refractivity contribution in [2.75, 3.05) is 0 Å². The van der Waals surface area contributed by atoms with Gasteiger partial charge in [-0.15, -0.1) is 0 Å². The molecule has 0 bridgehead atoms. The molecule has 0 aliphatic carbocycles. The van der Waals surface area contributed by atoms with Crippen LogP contribution in [0.2, 0.25) is 0 Å². The van der Waals surface area contributed by atoms with Gasteiger partial charge in [0.1, 0.15) is 0 Å². The summed E-state index contributed by atoms with van der Waals surface area (Å²) in [7, 11) is 9.75. The maximum Gasteiger partial charge on any atom is -0.693 e. The Balaban J connectivity index is -0.0000000231. The standard InChI is InChI=1S/2C3H8O.CH3.2ClH.H2N.Pt/c2*1-3(2)4;;;;;/h2*3-4H,1-2H3;1H3;2*1H;1H2;/q;;-1;;;-1;+4/p-2. The van der Waals surface area contributed by atoms with Crippen molar-refractivity contribution in [1.29, 1.82) is 0 Å². The molecule has 13 heavy (non-hydrogen) atoms. The molecule has 0 atom stereocenters. The third-order valence-electron chi connectivity index (χ3n) is 0. The first-order valence-corrected chi connectivity index (χ1v) is 8.70. The molecule has 0 amide bonds. The van der Waals surface area contributed by atoms with Crippen LogP contribution in [0.1, 0.15) is 27.7 Å². The molecule has 0 fully saturated rings. The number of rotatable bonds is 0. The van der Waals surface area contributed by atoms with Crippen LogP contribution < -0.4 is 0 Å². The van der Waals surface area contributed by atoms with E-state index >= 15 is 0 Å². The molecule has 0 spiro atoms. The Bertz CT molecular complexity index is 48.2. The van der Waals surface area contributed by atoms with Gasteiger partial charge in [-0.2, -0.15) is 0 Å². The summed E-state index contributed by atoms with van der Waals surface area (Å²) in [5, 5.41) is 16.1. The minimum Gasteiger partial charge on any atom is -0.693 e. The Hall–Kier alpha value is 1.15. The third kappa shape index (κ3) is 1240. The second-order valence-corrected chi connectivity index (χ2v) is 5.52. The summed E-state index contributed by atoms with van der Waals surface area (Å²) in [5.74, 6) is 0. The van der Waals surface area contributed by atoms with E-state index in [1.807, 2.05) is 0 Å². The van der Waals surface area contributed by atoms with Crippen molar-refractivity contribution in [2.24, 2.45) is 0 Å². The summed E-state index contributed by atoms with van der Waals surface area (Å²) in [5.41, 5.74) is 0. The smallest absolute Gasteiger partial charge is 0.693 e. The van der Waals surface area contributed by atoms with Crippen molar-refractivity contribution < 1.29 is 26.7 Å². The molecule has 0 radical (unpaired) electrons. The van der Waals surface area contributed by atoms with Crippen molar-refractivity contribution in [3.8, 4) is 0 Å². The predicted octanol–water partition coefficient (Wildman–Crippen LogP) is 3.32. The molecule has 3 nitrogen and oxygen atoms in total. The second-order valence-electron chi connectivity index (χ2n) is 2.23. The van der Waals surface area contributed by atoms with Crippen LogP contribution in [0.25, 0.3) is 6.15 Å².